The van der Waals surface area contributed by atoms with Gasteiger partial charge in [0.15, 0.2) is 0 Å². The summed E-state index contributed by atoms with van der Waals surface area (Å²) in [6.07, 6.45) is 5.25. The Bertz CT molecular complexity index is 150. The number of rotatable bonds is 3. The molecule has 0 radical (unpaired) electrons. The monoisotopic (exact) mass is 185 g/mol. The van der Waals surface area contributed by atoms with E-state index in [4.69, 9.17) is 5.73 Å². The van der Waals surface area contributed by atoms with E-state index in [2.05, 4.69) is 13.8 Å². The highest BCUT2D eigenvalue weighted by molar-refractivity contribution is 4.89. The van der Waals surface area contributed by atoms with Gasteiger partial charge in [-0.15, -0.1) is 0 Å². The Morgan fingerprint density at radius 2 is 2.00 bits per heavy atom. The summed E-state index contributed by atoms with van der Waals surface area (Å²) in [5.41, 5.74) is 6.21. The van der Waals surface area contributed by atoms with Gasteiger partial charge in [-0.25, -0.2) is 0 Å². The number of hydrogen-bond donors (Lipinski definition) is 2. The fraction of sp³-hybridized carbons (Fsp3) is 1.00. The van der Waals surface area contributed by atoms with Crippen molar-refractivity contribution < 1.29 is 5.11 Å². The second-order valence-corrected chi connectivity index (χ2v) is 4.61. The molecule has 0 aromatic carbocycles. The molecule has 0 heterocycles. The molecule has 1 unspecified atom stereocenters. The lowest BCUT2D eigenvalue weighted by atomic mass is 9.65. The molecule has 1 saturated carbocycles. The van der Waals surface area contributed by atoms with Crippen molar-refractivity contribution >= 4 is 0 Å². The second-order valence-electron chi connectivity index (χ2n) is 4.61. The highest BCUT2D eigenvalue weighted by atomic mass is 16.3. The van der Waals surface area contributed by atoms with Crippen molar-refractivity contribution in [1.82, 2.24) is 0 Å². The summed E-state index contributed by atoms with van der Waals surface area (Å²) in [5.74, 6) is 0.699. The zero-order valence-corrected chi connectivity index (χ0v) is 8.92. The van der Waals surface area contributed by atoms with Crippen LogP contribution < -0.4 is 5.73 Å². The van der Waals surface area contributed by atoms with E-state index < -0.39 is 0 Å². The fourth-order valence-corrected chi connectivity index (χ4v) is 2.51. The van der Waals surface area contributed by atoms with E-state index in [-0.39, 0.29) is 6.10 Å². The van der Waals surface area contributed by atoms with Crippen molar-refractivity contribution in [3.05, 3.63) is 0 Å². The zero-order chi connectivity index (χ0) is 9.90. The van der Waals surface area contributed by atoms with E-state index in [1.165, 1.54) is 6.42 Å². The van der Waals surface area contributed by atoms with Crippen LogP contribution in [0.5, 0.6) is 0 Å². The molecule has 2 nitrogen and oxygen atoms in total. The van der Waals surface area contributed by atoms with Gasteiger partial charge in [-0.05, 0) is 43.6 Å². The van der Waals surface area contributed by atoms with Crippen LogP contribution >= 0.6 is 0 Å². The predicted octanol–water partition coefficient (Wildman–Crippen LogP) is 1.91. The van der Waals surface area contributed by atoms with Crippen LogP contribution in [0, 0.1) is 11.3 Å². The maximum Gasteiger partial charge on any atom is 0.0540 e. The average molecular weight is 185 g/mol. The van der Waals surface area contributed by atoms with E-state index in [0.29, 0.717) is 11.3 Å². The minimum atomic E-state index is -0.0660. The van der Waals surface area contributed by atoms with E-state index in [1.807, 2.05) is 0 Å². The van der Waals surface area contributed by atoms with E-state index in [0.717, 1.165) is 32.2 Å². The van der Waals surface area contributed by atoms with Gasteiger partial charge in [0.05, 0.1) is 6.10 Å². The smallest absolute Gasteiger partial charge is 0.0540 e. The Balaban J connectivity index is 2.60. The van der Waals surface area contributed by atoms with Crippen molar-refractivity contribution in [2.24, 2.45) is 17.1 Å². The molecule has 1 aliphatic carbocycles. The maximum atomic E-state index is 9.45. The summed E-state index contributed by atoms with van der Waals surface area (Å²) < 4.78 is 0. The molecule has 1 rings (SSSR count). The van der Waals surface area contributed by atoms with Crippen LogP contribution in [0.15, 0.2) is 0 Å². The van der Waals surface area contributed by atoms with E-state index >= 15 is 0 Å². The fourth-order valence-electron chi connectivity index (χ4n) is 2.51. The van der Waals surface area contributed by atoms with Crippen LogP contribution in [0.3, 0.4) is 0 Å². The van der Waals surface area contributed by atoms with Gasteiger partial charge < -0.3 is 10.8 Å². The van der Waals surface area contributed by atoms with Gasteiger partial charge in [0, 0.05) is 0 Å². The van der Waals surface area contributed by atoms with Crippen LogP contribution in [-0.4, -0.2) is 17.8 Å². The zero-order valence-electron chi connectivity index (χ0n) is 8.92. The largest absolute Gasteiger partial charge is 0.393 e. The molecule has 0 bridgehead atoms. The molecule has 0 aromatic rings. The van der Waals surface area contributed by atoms with E-state index in [1.54, 1.807) is 0 Å². The van der Waals surface area contributed by atoms with Gasteiger partial charge >= 0.3 is 0 Å². The molecule has 1 atom stereocenters. The first-order valence-electron chi connectivity index (χ1n) is 5.52. The van der Waals surface area contributed by atoms with Gasteiger partial charge in [0.1, 0.15) is 0 Å². The van der Waals surface area contributed by atoms with Crippen LogP contribution in [0.4, 0.5) is 0 Å². The molecule has 0 spiro atoms. The summed E-state index contributed by atoms with van der Waals surface area (Å²) >= 11 is 0. The minimum absolute atomic E-state index is 0.0660. The van der Waals surface area contributed by atoms with Crippen molar-refractivity contribution in [2.45, 2.75) is 52.1 Å². The Kier molecular flexibility index (Phi) is 3.74. The lowest BCUT2D eigenvalue weighted by molar-refractivity contribution is 0.0340. The highest BCUT2D eigenvalue weighted by Gasteiger charge is 2.37. The summed E-state index contributed by atoms with van der Waals surface area (Å²) in [6.45, 7) is 5.31. The molecule has 78 valence electrons. The number of aliphatic hydroxyl groups is 1. The molecule has 2 heteroatoms. The number of hydrogen-bond acceptors (Lipinski definition) is 2. The molecule has 0 aromatic heterocycles. The Labute approximate surface area is 81.5 Å². The SMILES string of the molecule is CCC(C)C1(CN)CCC(O)CC1. The summed E-state index contributed by atoms with van der Waals surface area (Å²) in [5, 5.41) is 9.45. The molecule has 0 amide bonds. The molecule has 1 fully saturated rings. The third kappa shape index (κ3) is 2.23. The Morgan fingerprint density at radius 1 is 1.46 bits per heavy atom. The van der Waals surface area contributed by atoms with Gasteiger partial charge in [0.2, 0.25) is 0 Å². The first-order chi connectivity index (χ1) is 6.14. The Morgan fingerprint density at radius 3 is 2.38 bits per heavy atom. The van der Waals surface area contributed by atoms with E-state index in [9.17, 15) is 5.11 Å². The van der Waals surface area contributed by atoms with Crippen LogP contribution in [0.25, 0.3) is 0 Å². The lowest BCUT2D eigenvalue weighted by Gasteiger charge is -2.42. The van der Waals surface area contributed by atoms with Gasteiger partial charge in [0.25, 0.3) is 0 Å². The van der Waals surface area contributed by atoms with Crippen molar-refractivity contribution in [2.75, 3.05) is 6.54 Å². The summed E-state index contributed by atoms with van der Waals surface area (Å²) in [4.78, 5) is 0. The average Bonchev–Trinajstić information content (AvgIpc) is 2.18. The molecule has 3 N–H and O–H groups in total. The quantitative estimate of drug-likeness (QED) is 0.705. The third-order valence-electron chi connectivity index (χ3n) is 4.02. The molecule has 0 aliphatic heterocycles. The van der Waals surface area contributed by atoms with Crippen molar-refractivity contribution in [1.29, 1.82) is 0 Å². The second kappa shape index (κ2) is 4.43. The molecule has 0 saturated heterocycles. The van der Waals surface area contributed by atoms with Crippen LogP contribution in [-0.2, 0) is 0 Å². The van der Waals surface area contributed by atoms with Gasteiger partial charge in [-0.3, -0.25) is 0 Å². The molecular formula is C11H23NO. The predicted molar refractivity (Wildman–Crippen MR) is 55.4 cm³/mol. The molecular weight excluding hydrogens is 162 g/mol. The number of aliphatic hydroxyl groups excluding tert-OH is 1. The first-order valence-corrected chi connectivity index (χ1v) is 5.52. The van der Waals surface area contributed by atoms with Crippen molar-refractivity contribution in [3.63, 3.8) is 0 Å². The lowest BCUT2D eigenvalue weighted by Crippen LogP contribution is -2.41. The van der Waals surface area contributed by atoms with Gasteiger partial charge in [-0.2, -0.15) is 0 Å². The maximum absolute atomic E-state index is 9.45. The molecule has 1 aliphatic rings. The standard InChI is InChI=1S/C11H23NO/c1-3-9(2)11(8-12)6-4-10(13)5-7-11/h9-10,13H,3-8,12H2,1-2H3. The summed E-state index contributed by atoms with van der Waals surface area (Å²) in [6, 6.07) is 0. The first kappa shape index (κ1) is 11.0. The van der Waals surface area contributed by atoms with Gasteiger partial charge in [-0.1, -0.05) is 20.3 Å². The van der Waals surface area contributed by atoms with Crippen molar-refractivity contribution in [3.8, 4) is 0 Å². The minimum Gasteiger partial charge on any atom is -0.393 e. The molecule has 13 heavy (non-hydrogen) atoms. The summed E-state index contributed by atoms with van der Waals surface area (Å²) in [7, 11) is 0. The topological polar surface area (TPSA) is 46.2 Å². The Hall–Kier alpha value is -0.0800. The third-order valence-corrected chi connectivity index (χ3v) is 4.02. The normalized spacial score (nSPS) is 37.4. The van der Waals surface area contributed by atoms with Crippen LogP contribution in [0.1, 0.15) is 46.0 Å². The number of nitrogens with two attached hydrogens (primary N) is 1. The van der Waals surface area contributed by atoms with Crippen LogP contribution in [0.2, 0.25) is 0 Å². The highest BCUT2D eigenvalue weighted by Crippen LogP contribution is 2.42.